The van der Waals surface area contributed by atoms with Gasteiger partial charge in [-0.3, -0.25) is 9.52 Å². The topological polar surface area (TPSA) is 79.0 Å². The third-order valence-corrected chi connectivity index (χ3v) is 4.50. The number of aromatic amines is 1. The van der Waals surface area contributed by atoms with Gasteiger partial charge in [0.15, 0.2) is 0 Å². The fraction of sp³-hybridized carbons (Fsp3) is 0. The first-order valence-corrected chi connectivity index (χ1v) is 7.61. The zero-order valence-corrected chi connectivity index (χ0v) is 12.3. The lowest BCUT2D eigenvalue weighted by Gasteiger charge is -2.09. The quantitative estimate of drug-likeness (QED) is 0.781. The fourth-order valence-electron chi connectivity index (χ4n) is 1.34. The minimum absolute atomic E-state index is 0.0766. The molecule has 1 aromatic heterocycles. The van der Waals surface area contributed by atoms with E-state index in [2.05, 4.69) is 9.71 Å². The van der Waals surface area contributed by atoms with Crippen molar-refractivity contribution in [3.8, 4) is 0 Å². The number of hydrogen-bond donors (Lipinski definition) is 2. The smallest absolute Gasteiger partial charge is 0.263 e. The van der Waals surface area contributed by atoms with Crippen LogP contribution >= 0.6 is 22.6 Å². The Bertz CT molecular complexity index is 753. The molecule has 0 amide bonds. The monoisotopic (exact) mass is 394 g/mol. The second kappa shape index (κ2) is 5.29. The molecule has 0 fully saturated rings. The second-order valence-electron chi connectivity index (χ2n) is 3.62. The van der Waals surface area contributed by atoms with E-state index in [1.807, 2.05) is 22.6 Å². The van der Waals surface area contributed by atoms with Crippen LogP contribution in [-0.4, -0.2) is 13.4 Å². The molecule has 0 spiro atoms. The minimum atomic E-state index is -3.81. The summed E-state index contributed by atoms with van der Waals surface area (Å²) in [5.74, 6) is -0.448. The second-order valence-corrected chi connectivity index (χ2v) is 6.46. The van der Waals surface area contributed by atoms with E-state index in [1.54, 1.807) is 0 Å². The van der Waals surface area contributed by atoms with Gasteiger partial charge in [0.25, 0.3) is 10.0 Å². The summed E-state index contributed by atoms with van der Waals surface area (Å²) in [6.45, 7) is 0. The number of aromatic nitrogens is 1. The summed E-state index contributed by atoms with van der Waals surface area (Å²) in [5.41, 5.74) is -0.122. The Labute approximate surface area is 122 Å². The Kier molecular flexibility index (Phi) is 3.90. The van der Waals surface area contributed by atoms with Crippen molar-refractivity contribution < 1.29 is 12.8 Å². The van der Waals surface area contributed by atoms with Crippen LogP contribution in [0.25, 0.3) is 0 Å². The fourth-order valence-corrected chi connectivity index (χ4v) is 3.18. The standard InChI is InChI=1S/C11H8FIN2O3S/c12-7-1-3-10(9(13)5-7)15-19(17,18)8-2-4-11(16)14-6-8/h1-6,15H,(H,14,16). The van der Waals surface area contributed by atoms with Crippen molar-refractivity contribution in [3.05, 3.63) is 56.3 Å². The normalized spacial score (nSPS) is 11.3. The first kappa shape index (κ1) is 14.0. The van der Waals surface area contributed by atoms with Crippen LogP contribution in [-0.2, 0) is 10.0 Å². The van der Waals surface area contributed by atoms with Crippen LogP contribution in [0.4, 0.5) is 10.1 Å². The number of nitrogens with one attached hydrogen (secondary N) is 2. The van der Waals surface area contributed by atoms with Gasteiger partial charge in [-0.25, -0.2) is 12.8 Å². The highest BCUT2D eigenvalue weighted by atomic mass is 127. The summed E-state index contributed by atoms with van der Waals surface area (Å²) >= 11 is 1.83. The van der Waals surface area contributed by atoms with Gasteiger partial charge in [-0.15, -0.1) is 0 Å². The molecule has 2 rings (SSSR count). The van der Waals surface area contributed by atoms with Crippen molar-refractivity contribution in [1.29, 1.82) is 0 Å². The number of hydrogen-bond acceptors (Lipinski definition) is 3. The van der Waals surface area contributed by atoms with Gasteiger partial charge < -0.3 is 4.98 Å². The van der Waals surface area contributed by atoms with Crippen molar-refractivity contribution in [2.24, 2.45) is 0 Å². The molecular weight excluding hydrogens is 386 g/mol. The van der Waals surface area contributed by atoms with Gasteiger partial charge in [-0.1, -0.05) is 0 Å². The van der Waals surface area contributed by atoms with E-state index in [0.717, 1.165) is 18.3 Å². The molecule has 19 heavy (non-hydrogen) atoms. The number of anilines is 1. The molecule has 1 heterocycles. The maximum Gasteiger partial charge on any atom is 0.263 e. The molecule has 0 atom stereocenters. The molecule has 5 nitrogen and oxygen atoms in total. The molecule has 0 saturated heterocycles. The third kappa shape index (κ3) is 3.32. The van der Waals surface area contributed by atoms with Crippen LogP contribution in [0.5, 0.6) is 0 Å². The van der Waals surface area contributed by atoms with Crippen LogP contribution in [0, 0.1) is 9.39 Å². The van der Waals surface area contributed by atoms with Crippen LogP contribution in [0.15, 0.2) is 46.2 Å². The molecule has 2 aromatic rings. The number of pyridine rings is 1. The summed E-state index contributed by atoms with van der Waals surface area (Å²) in [6, 6.07) is 6.01. The molecular formula is C11H8FIN2O3S. The molecule has 0 saturated carbocycles. The lowest BCUT2D eigenvalue weighted by molar-refractivity contribution is 0.600. The number of H-pyrrole nitrogens is 1. The molecule has 1 aromatic carbocycles. The molecule has 2 N–H and O–H groups in total. The largest absolute Gasteiger partial charge is 0.328 e. The summed E-state index contributed by atoms with van der Waals surface area (Å²) in [7, 11) is -3.81. The number of sulfonamides is 1. The Hall–Kier alpha value is -1.42. The minimum Gasteiger partial charge on any atom is -0.328 e. The van der Waals surface area contributed by atoms with Gasteiger partial charge in [0, 0.05) is 15.8 Å². The van der Waals surface area contributed by atoms with E-state index >= 15 is 0 Å². The average molecular weight is 394 g/mol. The summed E-state index contributed by atoms with van der Waals surface area (Å²) in [4.78, 5) is 13.1. The van der Waals surface area contributed by atoms with E-state index in [-0.39, 0.29) is 10.6 Å². The van der Waals surface area contributed by atoms with Gasteiger partial charge in [-0.2, -0.15) is 0 Å². The first-order chi connectivity index (χ1) is 8.88. The Morgan fingerprint density at radius 3 is 2.53 bits per heavy atom. The third-order valence-electron chi connectivity index (χ3n) is 2.24. The van der Waals surface area contributed by atoms with Crippen LogP contribution in [0.1, 0.15) is 0 Å². The lowest BCUT2D eigenvalue weighted by atomic mass is 10.3. The molecule has 8 heteroatoms. The predicted octanol–water partition coefficient (Wildman–Crippen LogP) is 1.92. The van der Waals surface area contributed by atoms with Crippen molar-refractivity contribution >= 4 is 38.3 Å². The van der Waals surface area contributed by atoms with Crippen molar-refractivity contribution in [1.82, 2.24) is 4.98 Å². The van der Waals surface area contributed by atoms with Crippen LogP contribution in [0.3, 0.4) is 0 Å². The number of halogens is 2. The van der Waals surface area contributed by atoms with Gasteiger partial charge >= 0.3 is 0 Å². The number of rotatable bonds is 3. The lowest BCUT2D eigenvalue weighted by Crippen LogP contribution is -2.15. The van der Waals surface area contributed by atoms with Crippen molar-refractivity contribution in [2.45, 2.75) is 4.90 Å². The average Bonchev–Trinajstić information content (AvgIpc) is 2.33. The first-order valence-electron chi connectivity index (χ1n) is 5.05. The summed E-state index contributed by atoms with van der Waals surface area (Å²) in [6.07, 6.45) is 1.10. The molecule has 0 aliphatic rings. The molecule has 0 aliphatic heterocycles. The van der Waals surface area contributed by atoms with E-state index < -0.39 is 21.4 Å². The SMILES string of the molecule is O=c1ccc(S(=O)(=O)Nc2ccc(F)cc2I)c[nH]1. The Morgan fingerprint density at radius 2 is 1.95 bits per heavy atom. The summed E-state index contributed by atoms with van der Waals surface area (Å²) < 4.78 is 39.7. The van der Waals surface area contributed by atoms with Crippen LogP contribution in [0.2, 0.25) is 0 Å². The van der Waals surface area contributed by atoms with Crippen molar-refractivity contribution in [2.75, 3.05) is 4.72 Å². The Balaban J connectivity index is 2.36. The molecule has 0 unspecified atom stereocenters. The maximum atomic E-state index is 12.9. The predicted molar refractivity (Wildman–Crippen MR) is 77.0 cm³/mol. The molecule has 0 aliphatic carbocycles. The summed E-state index contributed by atoms with van der Waals surface area (Å²) in [5, 5.41) is 0. The van der Waals surface area contributed by atoms with E-state index in [1.165, 1.54) is 18.2 Å². The highest BCUT2D eigenvalue weighted by Gasteiger charge is 2.15. The van der Waals surface area contributed by atoms with Gasteiger partial charge in [0.1, 0.15) is 10.7 Å². The van der Waals surface area contributed by atoms with Gasteiger partial charge in [0.05, 0.1) is 5.69 Å². The molecule has 100 valence electrons. The zero-order valence-electron chi connectivity index (χ0n) is 9.35. The Morgan fingerprint density at radius 1 is 1.21 bits per heavy atom. The van der Waals surface area contributed by atoms with E-state index in [0.29, 0.717) is 3.57 Å². The van der Waals surface area contributed by atoms with Gasteiger partial charge in [0.2, 0.25) is 5.56 Å². The van der Waals surface area contributed by atoms with Crippen molar-refractivity contribution in [3.63, 3.8) is 0 Å². The maximum absolute atomic E-state index is 12.9. The highest BCUT2D eigenvalue weighted by Crippen LogP contribution is 2.22. The highest BCUT2D eigenvalue weighted by molar-refractivity contribution is 14.1. The van der Waals surface area contributed by atoms with E-state index in [9.17, 15) is 17.6 Å². The number of benzene rings is 1. The molecule has 0 bridgehead atoms. The van der Waals surface area contributed by atoms with Crippen LogP contribution < -0.4 is 10.3 Å². The zero-order chi connectivity index (χ0) is 14.0. The van der Waals surface area contributed by atoms with Gasteiger partial charge in [-0.05, 0) is 46.9 Å². The van der Waals surface area contributed by atoms with E-state index in [4.69, 9.17) is 0 Å². The molecule has 0 radical (unpaired) electrons.